The van der Waals surface area contributed by atoms with Gasteiger partial charge in [-0.15, -0.1) is 0 Å². The molecular weight excluding hydrogens is 434 g/mol. The lowest BCUT2D eigenvalue weighted by molar-refractivity contribution is -0.144. The van der Waals surface area contributed by atoms with Crippen LogP contribution in [0.5, 0.6) is 0 Å². The lowest BCUT2D eigenvalue weighted by Gasteiger charge is -2.33. The Kier molecular flexibility index (Phi) is 8.80. The van der Waals surface area contributed by atoms with Gasteiger partial charge in [-0.3, -0.25) is 9.59 Å². The van der Waals surface area contributed by atoms with E-state index in [-0.39, 0.29) is 28.5 Å². The van der Waals surface area contributed by atoms with Crippen LogP contribution in [0.2, 0.25) is 0 Å². The number of carbonyl (C=O) groups is 3. The van der Waals surface area contributed by atoms with Gasteiger partial charge in [0.1, 0.15) is 6.04 Å². The van der Waals surface area contributed by atoms with Crippen molar-refractivity contribution in [2.75, 3.05) is 13.1 Å². The Morgan fingerprint density at radius 2 is 1.69 bits per heavy atom. The number of hydrogen-bond donors (Lipinski definition) is 3. The third-order valence-corrected chi connectivity index (χ3v) is 7.54. The first-order chi connectivity index (χ1) is 15.0. The maximum atomic E-state index is 12.8. The summed E-state index contributed by atoms with van der Waals surface area (Å²) in [7, 11) is -3.83. The van der Waals surface area contributed by atoms with Gasteiger partial charge < -0.3 is 15.3 Å². The number of carbonyl (C=O) groups excluding carboxylic acids is 2. The molecule has 178 valence electrons. The molecule has 3 atom stereocenters. The summed E-state index contributed by atoms with van der Waals surface area (Å²) in [6, 6.07) is 4.46. The van der Waals surface area contributed by atoms with Crippen molar-refractivity contribution < 1.29 is 27.9 Å². The van der Waals surface area contributed by atoms with E-state index in [1.165, 1.54) is 24.0 Å². The number of nitrogens with one attached hydrogen (secondary N) is 2. The highest BCUT2D eigenvalue weighted by Crippen LogP contribution is 2.20. The first-order valence-corrected chi connectivity index (χ1v) is 12.4. The van der Waals surface area contributed by atoms with Gasteiger partial charge in [-0.25, -0.2) is 13.2 Å². The van der Waals surface area contributed by atoms with E-state index in [1.54, 1.807) is 19.1 Å². The highest BCUT2D eigenvalue weighted by Gasteiger charge is 2.33. The second-order valence-electron chi connectivity index (χ2n) is 8.47. The Bertz CT molecular complexity index is 923. The highest BCUT2D eigenvalue weighted by molar-refractivity contribution is 7.89. The monoisotopic (exact) mass is 467 g/mol. The van der Waals surface area contributed by atoms with E-state index in [2.05, 4.69) is 10.0 Å². The third-order valence-electron chi connectivity index (χ3n) is 5.99. The molecule has 0 aliphatic carbocycles. The Labute approximate surface area is 189 Å². The zero-order chi connectivity index (χ0) is 24.1. The van der Waals surface area contributed by atoms with Gasteiger partial charge in [0, 0.05) is 19.0 Å². The van der Waals surface area contributed by atoms with Gasteiger partial charge in [-0.2, -0.15) is 4.72 Å². The van der Waals surface area contributed by atoms with Crippen LogP contribution in [-0.4, -0.2) is 61.4 Å². The maximum absolute atomic E-state index is 12.8. The fourth-order valence-electron chi connectivity index (χ4n) is 3.66. The molecule has 2 rings (SSSR count). The minimum Gasteiger partial charge on any atom is -0.480 e. The topological polar surface area (TPSA) is 133 Å². The standard InChI is InChI=1S/C22H33N3O6S/c1-5-15(3)19(22(28)29)23-20(26)17-10-12-25(13-11-17)21(27)16(4)24-32(30,31)18-8-6-14(2)7-9-18/h6-9,15-17,19,24H,5,10-13H2,1-4H3,(H,23,26)(H,28,29)/t15-,16+,19-/m0/s1. The van der Waals surface area contributed by atoms with Crippen LogP contribution < -0.4 is 10.0 Å². The number of carboxylic acids is 1. The molecule has 1 fully saturated rings. The zero-order valence-corrected chi connectivity index (χ0v) is 19.8. The number of carboxylic acid groups (broad SMARTS) is 1. The molecule has 1 saturated heterocycles. The number of aliphatic carboxylic acids is 1. The summed E-state index contributed by atoms with van der Waals surface area (Å²) in [6.07, 6.45) is 1.41. The fourth-order valence-corrected chi connectivity index (χ4v) is 4.86. The van der Waals surface area contributed by atoms with Crippen LogP contribution in [0.1, 0.15) is 45.6 Å². The van der Waals surface area contributed by atoms with Crippen molar-refractivity contribution in [3.8, 4) is 0 Å². The second kappa shape index (κ2) is 10.9. The summed E-state index contributed by atoms with van der Waals surface area (Å²) < 4.78 is 27.5. The number of aryl methyl sites for hydroxylation is 1. The molecule has 1 aromatic rings. The van der Waals surface area contributed by atoms with Crippen molar-refractivity contribution >= 4 is 27.8 Å². The van der Waals surface area contributed by atoms with E-state index in [0.29, 0.717) is 32.4 Å². The molecule has 1 aromatic carbocycles. The average molecular weight is 468 g/mol. The molecule has 9 nitrogen and oxygen atoms in total. The Morgan fingerprint density at radius 1 is 1.12 bits per heavy atom. The summed E-state index contributed by atoms with van der Waals surface area (Å²) in [5, 5.41) is 12.0. The average Bonchev–Trinajstić information content (AvgIpc) is 2.76. The van der Waals surface area contributed by atoms with Gasteiger partial charge >= 0.3 is 5.97 Å². The van der Waals surface area contributed by atoms with Crippen LogP contribution in [-0.2, 0) is 24.4 Å². The first-order valence-electron chi connectivity index (χ1n) is 10.9. The number of benzene rings is 1. The molecule has 2 amide bonds. The van der Waals surface area contributed by atoms with E-state index in [9.17, 15) is 27.9 Å². The molecule has 0 bridgehead atoms. The molecule has 1 aliphatic rings. The summed E-state index contributed by atoms with van der Waals surface area (Å²) in [5.74, 6) is -2.32. The predicted molar refractivity (Wildman–Crippen MR) is 119 cm³/mol. The van der Waals surface area contributed by atoms with Gasteiger partial charge in [-0.05, 0) is 44.7 Å². The number of likely N-dealkylation sites (tertiary alicyclic amines) is 1. The predicted octanol–water partition coefficient (Wildman–Crippen LogP) is 1.52. The molecule has 0 saturated carbocycles. The number of rotatable bonds is 9. The van der Waals surface area contributed by atoms with Crippen LogP contribution >= 0.6 is 0 Å². The third kappa shape index (κ3) is 6.52. The summed E-state index contributed by atoms with van der Waals surface area (Å²) in [6.45, 7) is 7.59. The Balaban J connectivity index is 1.91. The molecule has 1 aliphatic heterocycles. The number of hydrogen-bond acceptors (Lipinski definition) is 5. The molecule has 32 heavy (non-hydrogen) atoms. The van der Waals surface area contributed by atoms with Crippen LogP contribution in [0.3, 0.4) is 0 Å². The molecule has 1 heterocycles. The molecule has 0 radical (unpaired) electrons. The smallest absolute Gasteiger partial charge is 0.326 e. The maximum Gasteiger partial charge on any atom is 0.326 e. The normalized spacial score (nSPS) is 17.9. The summed E-state index contributed by atoms with van der Waals surface area (Å²) >= 11 is 0. The van der Waals surface area contributed by atoms with Crippen LogP contribution in [0, 0.1) is 18.8 Å². The van der Waals surface area contributed by atoms with Gasteiger partial charge in [0.25, 0.3) is 0 Å². The van der Waals surface area contributed by atoms with Gasteiger partial charge in [0.05, 0.1) is 10.9 Å². The summed E-state index contributed by atoms with van der Waals surface area (Å²) in [5.41, 5.74) is 0.929. The van der Waals surface area contributed by atoms with Gasteiger partial charge in [-0.1, -0.05) is 38.0 Å². The largest absolute Gasteiger partial charge is 0.480 e. The molecule has 10 heteroatoms. The Morgan fingerprint density at radius 3 is 2.19 bits per heavy atom. The van der Waals surface area contributed by atoms with Crippen molar-refractivity contribution in [1.29, 1.82) is 0 Å². The minimum absolute atomic E-state index is 0.0902. The van der Waals surface area contributed by atoms with Crippen molar-refractivity contribution in [2.45, 2.75) is 63.9 Å². The lowest BCUT2D eigenvalue weighted by atomic mass is 9.93. The second-order valence-corrected chi connectivity index (χ2v) is 10.2. The van der Waals surface area contributed by atoms with E-state index in [4.69, 9.17) is 0 Å². The van der Waals surface area contributed by atoms with Crippen LogP contribution in [0.15, 0.2) is 29.2 Å². The number of sulfonamides is 1. The van der Waals surface area contributed by atoms with Crippen molar-refractivity contribution in [3.63, 3.8) is 0 Å². The number of amides is 2. The minimum atomic E-state index is -3.83. The lowest BCUT2D eigenvalue weighted by Crippen LogP contribution is -2.52. The van der Waals surface area contributed by atoms with Crippen molar-refractivity contribution in [1.82, 2.24) is 14.9 Å². The first kappa shape index (κ1) is 25.8. The Hall–Kier alpha value is -2.46. The van der Waals surface area contributed by atoms with Gasteiger partial charge in [0.2, 0.25) is 21.8 Å². The van der Waals surface area contributed by atoms with E-state index >= 15 is 0 Å². The fraction of sp³-hybridized carbons (Fsp3) is 0.591. The SMILES string of the molecule is CC[C@H](C)[C@H](NC(=O)C1CCN(C(=O)[C@@H](C)NS(=O)(=O)c2ccc(C)cc2)CC1)C(=O)O. The molecule has 0 spiro atoms. The van der Waals surface area contributed by atoms with Crippen LogP contribution in [0.25, 0.3) is 0 Å². The van der Waals surface area contributed by atoms with E-state index in [1.807, 2.05) is 13.8 Å². The van der Waals surface area contributed by atoms with Gasteiger partial charge in [0.15, 0.2) is 0 Å². The molecule has 0 aromatic heterocycles. The molecular formula is C22H33N3O6S. The number of piperidine rings is 1. The van der Waals surface area contributed by atoms with Crippen molar-refractivity contribution in [3.05, 3.63) is 29.8 Å². The number of nitrogens with zero attached hydrogens (tertiary/aromatic N) is 1. The molecule has 0 unspecified atom stereocenters. The quantitative estimate of drug-likeness (QED) is 0.504. The van der Waals surface area contributed by atoms with E-state index in [0.717, 1.165) is 5.56 Å². The molecule has 3 N–H and O–H groups in total. The summed E-state index contributed by atoms with van der Waals surface area (Å²) in [4.78, 5) is 38.4. The van der Waals surface area contributed by atoms with Crippen LogP contribution in [0.4, 0.5) is 0 Å². The highest BCUT2D eigenvalue weighted by atomic mass is 32.2. The zero-order valence-electron chi connectivity index (χ0n) is 19.0. The van der Waals surface area contributed by atoms with Crippen molar-refractivity contribution in [2.24, 2.45) is 11.8 Å². The van der Waals surface area contributed by atoms with E-state index < -0.39 is 28.1 Å².